The van der Waals surface area contributed by atoms with Gasteiger partial charge in [0.15, 0.2) is 0 Å². The van der Waals surface area contributed by atoms with Crippen LogP contribution in [-0.4, -0.2) is 61.6 Å². The van der Waals surface area contributed by atoms with Crippen LogP contribution in [0.4, 0.5) is 0 Å². The Balaban J connectivity index is 1.98. The molecule has 1 aromatic rings. The normalized spacial score (nSPS) is 17.7. The summed E-state index contributed by atoms with van der Waals surface area (Å²) in [6.45, 7) is 5.19. The summed E-state index contributed by atoms with van der Waals surface area (Å²) in [6.07, 6.45) is 4.62. The van der Waals surface area contributed by atoms with Gasteiger partial charge in [-0.3, -0.25) is 4.79 Å². The molecule has 0 aromatic heterocycles. The van der Waals surface area contributed by atoms with E-state index in [4.69, 9.17) is 16.3 Å². The van der Waals surface area contributed by atoms with Gasteiger partial charge in [-0.1, -0.05) is 24.9 Å². The number of rotatable bonds is 7. The van der Waals surface area contributed by atoms with E-state index in [1.165, 1.54) is 0 Å². The molecule has 1 aromatic carbocycles. The van der Waals surface area contributed by atoms with Gasteiger partial charge in [0, 0.05) is 50.4 Å². The fraction of sp³-hybridized carbons (Fsp3) is 0.632. The fourth-order valence-electron chi connectivity index (χ4n) is 3.33. The van der Waals surface area contributed by atoms with Crippen molar-refractivity contribution < 1.29 is 9.53 Å². The second-order valence-corrected chi connectivity index (χ2v) is 7.04. The Morgan fingerprint density at radius 1 is 1.33 bits per heavy atom. The number of amides is 1. The van der Waals surface area contributed by atoms with Crippen LogP contribution in [0.2, 0.25) is 5.02 Å². The van der Waals surface area contributed by atoms with Crippen LogP contribution < -0.4 is 0 Å². The fourth-order valence-corrected chi connectivity index (χ4v) is 3.45. The minimum Gasteiger partial charge on any atom is -0.381 e. The number of piperidine rings is 1. The molecule has 0 aliphatic carbocycles. The van der Waals surface area contributed by atoms with E-state index in [9.17, 15) is 4.79 Å². The maximum atomic E-state index is 12.8. The molecule has 0 saturated carbocycles. The van der Waals surface area contributed by atoms with Crippen molar-refractivity contribution in [2.45, 2.75) is 44.8 Å². The molecule has 24 heavy (non-hydrogen) atoms. The van der Waals surface area contributed by atoms with Gasteiger partial charge in [-0.05, 0) is 43.5 Å². The number of carbonyl (C=O) groups is 1. The van der Waals surface area contributed by atoms with Gasteiger partial charge < -0.3 is 14.5 Å². The average molecular weight is 353 g/mol. The first kappa shape index (κ1) is 19.2. The summed E-state index contributed by atoms with van der Waals surface area (Å²) in [5, 5.41) is 0.653. The van der Waals surface area contributed by atoms with Crippen molar-refractivity contribution >= 4 is 17.5 Å². The first-order chi connectivity index (χ1) is 11.5. The smallest absolute Gasteiger partial charge is 0.253 e. The van der Waals surface area contributed by atoms with Crippen LogP contribution in [0, 0.1) is 0 Å². The summed E-state index contributed by atoms with van der Waals surface area (Å²) < 4.78 is 5.44. The van der Waals surface area contributed by atoms with Crippen LogP contribution in [-0.2, 0) is 4.74 Å². The highest BCUT2D eigenvalue weighted by Crippen LogP contribution is 2.18. The van der Waals surface area contributed by atoms with Gasteiger partial charge in [-0.2, -0.15) is 0 Å². The van der Waals surface area contributed by atoms with E-state index in [1.54, 1.807) is 31.4 Å². The van der Waals surface area contributed by atoms with E-state index in [2.05, 4.69) is 11.8 Å². The van der Waals surface area contributed by atoms with Crippen molar-refractivity contribution in [2.75, 3.05) is 33.8 Å². The number of likely N-dealkylation sites (N-methyl/N-ethyl adjacent to an activating group) is 1. The molecular weight excluding hydrogens is 324 g/mol. The number of halogens is 1. The number of benzene rings is 1. The first-order valence-corrected chi connectivity index (χ1v) is 9.20. The van der Waals surface area contributed by atoms with Crippen molar-refractivity contribution in [1.29, 1.82) is 0 Å². The molecule has 0 spiro atoms. The third-order valence-electron chi connectivity index (χ3n) is 4.92. The van der Waals surface area contributed by atoms with Gasteiger partial charge in [0.25, 0.3) is 5.91 Å². The van der Waals surface area contributed by atoms with Gasteiger partial charge in [-0.25, -0.2) is 0 Å². The van der Waals surface area contributed by atoms with Crippen molar-refractivity contribution in [3.05, 3.63) is 34.9 Å². The number of carbonyl (C=O) groups excluding carboxylic acids is 1. The molecule has 1 saturated heterocycles. The molecule has 1 unspecified atom stereocenters. The highest BCUT2D eigenvalue weighted by atomic mass is 35.5. The molecule has 2 rings (SSSR count). The standard InChI is InChI=1S/C19H29ClN2O2/c1-4-5-17(14-22-12-10-18(24-3)11-13-22)21(2)19(23)15-6-8-16(20)9-7-15/h6-9,17-18H,4-5,10-14H2,1-3H3. The Hall–Kier alpha value is -1.10. The van der Waals surface area contributed by atoms with Gasteiger partial charge in [-0.15, -0.1) is 0 Å². The molecule has 1 heterocycles. The van der Waals surface area contributed by atoms with Crippen LogP contribution in [0.1, 0.15) is 43.0 Å². The summed E-state index contributed by atoms with van der Waals surface area (Å²) in [6, 6.07) is 7.37. The van der Waals surface area contributed by atoms with Crippen LogP contribution in [0.3, 0.4) is 0 Å². The minimum atomic E-state index is 0.0666. The van der Waals surface area contributed by atoms with Gasteiger partial charge in [0.1, 0.15) is 0 Å². The van der Waals surface area contributed by atoms with Gasteiger partial charge >= 0.3 is 0 Å². The number of likely N-dealkylation sites (tertiary alicyclic amines) is 1. The molecule has 1 aliphatic rings. The zero-order valence-electron chi connectivity index (χ0n) is 15.0. The summed E-state index contributed by atoms with van der Waals surface area (Å²) in [5.74, 6) is 0.0666. The topological polar surface area (TPSA) is 32.8 Å². The Kier molecular flexibility index (Phi) is 7.53. The quantitative estimate of drug-likeness (QED) is 0.750. The Bertz CT molecular complexity index is 513. The van der Waals surface area contributed by atoms with E-state index < -0.39 is 0 Å². The lowest BCUT2D eigenvalue weighted by Crippen LogP contribution is -2.47. The largest absolute Gasteiger partial charge is 0.381 e. The van der Waals surface area contributed by atoms with E-state index in [0.717, 1.165) is 45.3 Å². The average Bonchev–Trinajstić information content (AvgIpc) is 2.61. The molecule has 1 atom stereocenters. The van der Waals surface area contributed by atoms with Crippen LogP contribution in [0.15, 0.2) is 24.3 Å². The predicted molar refractivity (Wildman–Crippen MR) is 98.7 cm³/mol. The Morgan fingerprint density at radius 2 is 1.96 bits per heavy atom. The SMILES string of the molecule is CCCC(CN1CCC(OC)CC1)N(C)C(=O)c1ccc(Cl)cc1. The van der Waals surface area contributed by atoms with E-state index >= 15 is 0 Å². The summed E-state index contributed by atoms with van der Waals surface area (Å²) in [5.41, 5.74) is 0.695. The molecule has 1 aliphatic heterocycles. The Labute approximate surface area is 150 Å². The number of nitrogens with zero attached hydrogens (tertiary/aromatic N) is 2. The zero-order valence-corrected chi connectivity index (χ0v) is 15.8. The number of ether oxygens (including phenoxy) is 1. The van der Waals surface area contributed by atoms with Crippen LogP contribution >= 0.6 is 11.6 Å². The van der Waals surface area contributed by atoms with Gasteiger partial charge in [0.2, 0.25) is 0 Å². The van der Waals surface area contributed by atoms with E-state index in [-0.39, 0.29) is 11.9 Å². The molecule has 0 radical (unpaired) electrons. The maximum Gasteiger partial charge on any atom is 0.253 e. The number of hydrogen-bond donors (Lipinski definition) is 0. The Morgan fingerprint density at radius 3 is 2.50 bits per heavy atom. The highest BCUT2D eigenvalue weighted by Gasteiger charge is 2.25. The van der Waals surface area contributed by atoms with Crippen LogP contribution in [0.5, 0.6) is 0 Å². The third kappa shape index (κ3) is 5.20. The van der Waals surface area contributed by atoms with Crippen molar-refractivity contribution in [3.63, 3.8) is 0 Å². The lowest BCUT2D eigenvalue weighted by atomic mass is 10.0. The molecule has 4 nitrogen and oxygen atoms in total. The minimum absolute atomic E-state index is 0.0666. The number of methoxy groups -OCH3 is 1. The molecule has 0 bridgehead atoms. The summed E-state index contributed by atoms with van der Waals surface area (Å²) >= 11 is 5.92. The molecule has 0 N–H and O–H groups in total. The third-order valence-corrected chi connectivity index (χ3v) is 5.17. The lowest BCUT2D eigenvalue weighted by molar-refractivity contribution is 0.0305. The predicted octanol–water partition coefficient (Wildman–Crippen LogP) is 3.69. The first-order valence-electron chi connectivity index (χ1n) is 8.83. The van der Waals surface area contributed by atoms with E-state index in [0.29, 0.717) is 16.7 Å². The summed E-state index contributed by atoms with van der Waals surface area (Å²) in [7, 11) is 3.71. The summed E-state index contributed by atoms with van der Waals surface area (Å²) in [4.78, 5) is 17.1. The van der Waals surface area contributed by atoms with Gasteiger partial charge in [0.05, 0.1) is 6.10 Å². The zero-order chi connectivity index (χ0) is 17.5. The monoisotopic (exact) mass is 352 g/mol. The number of hydrogen-bond acceptors (Lipinski definition) is 3. The second kappa shape index (κ2) is 9.40. The highest BCUT2D eigenvalue weighted by molar-refractivity contribution is 6.30. The van der Waals surface area contributed by atoms with Crippen molar-refractivity contribution in [2.24, 2.45) is 0 Å². The van der Waals surface area contributed by atoms with Crippen molar-refractivity contribution in [1.82, 2.24) is 9.80 Å². The molecular formula is C19H29ClN2O2. The second-order valence-electron chi connectivity index (χ2n) is 6.60. The molecule has 1 amide bonds. The van der Waals surface area contributed by atoms with Crippen molar-refractivity contribution in [3.8, 4) is 0 Å². The maximum absolute atomic E-state index is 12.8. The molecule has 5 heteroatoms. The van der Waals surface area contributed by atoms with E-state index in [1.807, 2.05) is 11.9 Å². The lowest BCUT2D eigenvalue weighted by Gasteiger charge is -2.37. The molecule has 134 valence electrons. The van der Waals surface area contributed by atoms with Crippen LogP contribution in [0.25, 0.3) is 0 Å². The molecule has 1 fully saturated rings.